The Morgan fingerprint density at radius 1 is 0.833 bits per heavy atom. The topological polar surface area (TPSA) is 105 Å². The van der Waals surface area contributed by atoms with Crippen LogP contribution < -0.4 is 9.80 Å². The standard InChI is InChI=1S/C15H13N5O4/c21-19(22)14-5-1-12(2-6-14)17-9-16-10-18(11-17)13-3-7-15(8-4-13)20(23)24/h1-9H,10-11H2. The van der Waals surface area contributed by atoms with Crippen molar-refractivity contribution < 1.29 is 9.85 Å². The van der Waals surface area contributed by atoms with E-state index in [2.05, 4.69) is 4.99 Å². The minimum absolute atomic E-state index is 0.0277. The second kappa shape index (κ2) is 6.32. The van der Waals surface area contributed by atoms with Crippen LogP contribution in [0.2, 0.25) is 0 Å². The SMILES string of the molecule is O=[N+]([O-])c1ccc(N2C=NCN(c3ccc([N+](=O)[O-])cc3)C2)cc1. The van der Waals surface area contributed by atoms with E-state index in [9.17, 15) is 20.2 Å². The number of nitro groups is 2. The fourth-order valence-corrected chi connectivity index (χ4v) is 2.36. The maximum atomic E-state index is 10.7. The van der Waals surface area contributed by atoms with Gasteiger partial charge in [0.25, 0.3) is 11.4 Å². The van der Waals surface area contributed by atoms with E-state index in [4.69, 9.17) is 0 Å². The van der Waals surface area contributed by atoms with E-state index in [-0.39, 0.29) is 11.4 Å². The van der Waals surface area contributed by atoms with Crippen molar-refractivity contribution >= 4 is 29.1 Å². The molecule has 0 aromatic heterocycles. The van der Waals surface area contributed by atoms with Gasteiger partial charge in [-0.25, -0.2) is 0 Å². The Labute approximate surface area is 136 Å². The Bertz CT molecular complexity index is 789. The molecular formula is C15H13N5O4. The van der Waals surface area contributed by atoms with Crippen LogP contribution in [0, 0.1) is 20.2 Å². The summed E-state index contributed by atoms with van der Waals surface area (Å²) >= 11 is 0. The van der Waals surface area contributed by atoms with Crippen LogP contribution >= 0.6 is 0 Å². The Balaban J connectivity index is 1.76. The van der Waals surface area contributed by atoms with Gasteiger partial charge in [-0.1, -0.05) is 0 Å². The number of nitro benzene ring substituents is 2. The van der Waals surface area contributed by atoms with Gasteiger partial charge in [0.1, 0.15) is 6.67 Å². The highest BCUT2D eigenvalue weighted by Gasteiger charge is 2.17. The third-order valence-corrected chi connectivity index (χ3v) is 3.61. The molecule has 0 saturated heterocycles. The first kappa shape index (κ1) is 15.4. The van der Waals surface area contributed by atoms with Crippen LogP contribution in [0.15, 0.2) is 53.5 Å². The van der Waals surface area contributed by atoms with Gasteiger partial charge in [-0.05, 0) is 24.3 Å². The Morgan fingerprint density at radius 3 is 1.83 bits per heavy atom. The van der Waals surface area contributed by atoms with E-state index < -0.39 is 9.85 Å². The van der Waals surface area contributed by atoms with Crippen molar-refractivity contribution in [1.82, 2.24) is 0 Å². The second-order valence-corrected chi connectivity index (χ2v) is 5.14. The molecule has 0 bridgehead atoms. The first-order valence-corrected chi connectivity index (χ1v) is 7.05. The molecule has 0 radical (unpaired) electrons. The number of hydrogen-bond donors (Lipinski definition) is 0. The summed E-state index contributed by atoms with van der Waals surface area (Å²) in [5, 5.41) is 21.4. The summed E-state index contributed by atoms with van der Waals surface area (Å²) in [6.45, 7) is 0.917. The summed E-state index contributed by atoms with van der Waals surface area (Å²) in [4.78, 5) is 28.6. The molecule has 2 aromatic carbocycles. The largest absolute Gasteiger partial charge is 0.334 e. The lowest BCUT2D eigenvalue weighted by Crippen LogP contribution is -2.41. The summed E-state index contributed by atoms with van der Waals surface area (Å²) in [5.74, 6) is 0. The molecule has 1 aliphatic heterocycles. The van der Waals surface area contributed by atoms with Gasteiger partial charge in [-0.2, -0.15) is 0 Å². The number of aliphatic imine (C=N–C) groups is 1. The number of anilines is 2. The monoisotopic (exact) mass is 327 g/mol. The van der Waals surface area contributed by atoms with Crippen molar-refractivity contribution in [3.8, 4) is 0 Å². The highest BCUT2D eigenvalue weighted by molar-refractivity contribution is 5.81. The molecule has 2 aromatic rings. The highest BCUT2D eigenvalue weighted by Crippen LogP contribution is 2.24. The smallest absolute Gasteiger partial charge is 0.269 e. The molecule has 9 nitrogen and oxygen atoms in total. The zero-order chi connectivity index (χ0) is 17.1. The van der Waals surface area contributed by atoms with Crippen LogP contribution in [0.4, 0.5) is 22.7 Å². The van der Waals surface area contributed by atoms with Crippen molar-refractivity contribution in [3.63, 3.8) is 0 Å². The van der Waals surface area contributed by atoms with Gasteiger partial charge in [0, 0.05) is 35.6 Å². The molecule has 0 aliphatic carbocycles. The van der Waals surface area contributed by atoms with Crippen molar-refractivity contribution in [1.29, 1.82) is 0 Å². The van der Waals surface area contributed by atoms with Gasteiger partial charge in [-0.15, -0.1) is 0 Å². The molecule has 0 atom stereocenters. The zero-order valence-corrected chi connectivity index (χ0v) is 12.5. The van der Waals surface area contributed by atoms with Gasteiger partial charge in [0.2, 0.25) is 0 Å². The zero-order valence-electron chi connectivity index (χ0n) is 12.5. The van der Waals surface area contributed by atoms with Crippen LogP contribution in [0.25, 0.3) is 0 Å². The van der Waals surface area contributed by atoms with E-state index >= 15 is 0 Å². The molecule has 0 fully saturated rings. The lowest BCUT2D eigenvalue weighted by molar-refractivity contribution is -0.385. The van der Waals surface area contributed by atoms with Crippen LogP contribution in [0.1, 0.15) is 0 Å². The third-order valence-electron chi connectivity index (χ3n) is 3.61. The molecular weight excluding hydrogens is 314 g/mol. The van der Waals surface area contributed by atoms with E-state index in [0.29, 0.717) is 13.3 Å². The first-order valence-electron chi connectivity index (χ1n) is 7.05. The van der Waals surface area contributed by atoms with E-state index in [1.54, 1.807) is 30.6 Å². The predicted molar refractivity (Wildman–Crippen MR) is 89.4 cm³/mol. The van der Waals surface area contributed by atoms with Crippen molar-refractivity contribution in [2.24, 2.45) is 4.99 Å². The molecule has 0 saturated carbocycles. The van der Waals surface area contributed by atoms with E-state index in [1.165, 1.54) is 24.3 Å². The molecule has 0 amide bonds. The van der Waals surface area contributed by atoms with Crippen LogP contribution in [-0.2, 0) is 0 Å². The van der Waals surface area contributed by atoms with Crippen molar-refractivity contribution in [3.05, 3.63) is 68.8 Å². The normalized spacial score (nSPS) is 13.8. The number of rotatable bonds is 4. The Morgan fingerprint density at radius 2 is 1.33 bits per heavy atom. The number of benzene rings is 2. The fourth-order valence-electron chi connectivity index (χ4n) is 2.36. The highest BCUT2D eigenvalue weighted by atomic mass is 16.6. The average molecular weight is 327 g/mol. The summed E-state index contributed by atoms with van der Waals surface area (Å²) in [6, 6.07) is 12.4. The average Bonchev–Trinajstić information content (AvgIpc) is 2.62. The maximum Gasteiger partial charge on any atom is 0.269 e. The van der Waals surface area contributed by atoms with Gasteiger partial charge < -0.3 is 9.80 Å². The van der Waals surface area contributed by atoms with E-state index in [1.807, 2.05) is 9.80 Å². The summed E-state index contributed by atoms with van der Waals surface area (Å²) in [5.41, 5.74) is 1.65. The lowest BCUT2D eigenvalue weighted by atomic mass is 10.2. The van der Waals surface area contributed by atoms with Crippen LogP contribution in [0.5, 0.6) is 0 Å². The molecule has 1 heterocycles. The summed E-state index contributed by atoms with van der Waals surface area (Å²) in [7, 11) is 0. The van der Waals surface area contributed by atoms with Gasteiger partial charge in [0.15, 0.2) is 0 Å². The minimum atomic E-state index is -0.447. The quantitative estimate of drug-likeness (QED) is 0.631. The van der Waals surface area contributed by atoms with Gasteiger partial charge in [-0.3, -0.25) is 25.2 Å². The first-order chi connectivity index (χ1) is 11.5. The molecule has 0 unspecified atom stereocenters. The summed E-state index contributed by atoms with van der Waals surface area (Å²) in [6.07, 6.45) is 1.67. The number of nitrogens with zero attached hydrogens (tertiary/aromatic N) is 5. The molecule has 9 heteroatoms. The van der Waals surface area contributed by atoms with Crippen LogP contribution in [-0.4, -0.2) is 29.5 Å². The minimum Gasteiger partial charge on any atom is -0.334 e. The van der Waals surface area contributed by atoms with Crippen molar-refractivity contribution in [2.75, 3.05) is 23.1 Å². The predicted octanol–water partition coefficient (Wildman–Crippen LogP) is 2.77. The number of non-ortho nitro benzene ring substituents is 2. The molecule has 0 N–H and O–H groups in total. The Hall–Kier alpha value is -3.49. The Kier molecular flexibility index (Phi) is 4.06. The maximum absolute atomic E-state index is 10.7. The number of hydrogen-bond acceptors (Lipinski definition) is 7. The molecule has 3 rings (SSSR count). The van der Waals surface area contributed by atoms with Gasteiger partial charge >= 0.3 is 0 Å². The summed E-state index contributed by atoms with van der Waals surface area (Å²) < 4.78 is 0. The van der Waals surface area contributed by atoms with Crippen LogP contribution in [0.3, 0.4) is 0 Å². The molecule has 1 aliphatic rings. The van der Waals surface area contributed by atoms with Crippen molar-refractivity contribution in [2.45, 2.75) is 0 Å². The third kappa shape index (κ3) is 3.14. The fraction of sp³-hybridized carbons (Fsp3) is 0.133. The van der Waals surface area contributed by atoms with Gasteiger partial charge in [0.05, 0.1) is 22.9 Å². The molecule has 24 heavy (non-hydrogen) atoms. The molecule has 0 spiro atoms. The molecule has 122 valence electrons. The lowest BCUT2D eigenvalue weighted by Gasteiger charge is -2.33. The van der Waals surface area contributed by atoms with E-state index in [0.717, 1.165) is 11.4 Å². The second-order valence-electron chi connectivity index (χ2n) is 5.14.